The van der Waals surface area contributed by atoms with Crippen molar-refractivity contribution in [2.24, 2.45) is 5.41 Å². The molecule has 3 nitrogen and oxygen atoms in total. The highest BCUT2D eigenvalue weighted by atomic mass is 16.5. The minimum atomic E-state index is -0.544. The molecule has 154 valence electrons. The van der Waals surface area contributed by atoms with E-state index in [1.165, 1.54) is 5.56 Å². The van der Waals surface area contributed by atoms with Crippen LogP contribution in [0.3, 0.4) is 0 Å². The first-order valence-electron chi connectivity index (χ1n) is 10.1. The average molecular weight is 400 g/mol. The quantitative estimate of drug-likeness (QED) is 0.235. The van der Waals surface area contributed by atoms with Gasteiger partial charge in [0.1, 0.15) is 5.75 Å². The SMILES string of the molecule is C/C(=C(/c1ccc(C)cc1)c1ccc(OC(=O)C(C)(C)C)cc1)c1ccc(N)cc1. The minimum Gasteiger partial charge on any atom is -0.426 e. The molecule has 2 N–H and O–H groups in total. The summed E-state index contributed by atoms with van der Waals surface area (Å²) in [5.74, 6) is 0.301. The molecule has 0 spiro atoms. The Labute approximate surface area is 179 Å². The molecule has 3 aromatic rings. The van der Waals surface area contributed by atoms with Crippen LogP contribution in [0, 0.1) is 12.3 Å². The number of carbonyl (C=O) groups is 1. The van der Waals surface area contributed by atoms with E-state index in [2.05, 4.69) is 38.1 Å². The molecule has 0 aliphatic heterocycles. The summed E-state index contributed by atoms with van der Waals surface area (Å²) >= 11 is 0. The van der Waals surface area contributed by atoms with E-state index in [0.717, 1.165) is 33.5 Å². The highest BCUT2D eigenvalue weighted by molar-refractivity contribution is 5.98. The van der Waals surface area contributed by atoms with Crippen molar-refractivity contribution in [3.8, 4) is 5.75 Å². The number of benzene rings is 3. The van der Waals surface area contributed by atoms with Gasteiger partial charge in [0.15, 0.2) is 0 Å². The van der Waals surface area contributed by atoms with E-state index in [1.807, 2.05) is 69.3 Å². The number of ether oxygens (including phenoxy) is 1. The molecule has 3 rings (SSSR count). The summed E-state index contributed by atoms with van der Waals surface area (Å²) in [7, 11) is 0. The lowest BCUT2D eigenvalue weighted by Gasteiger charge is -2.17. The van der Waals surface area contributed by atoms with Crippen molar-refractivity contribution in [2.75, 3.05) is 5.73 Å². The van der Waals surface area contributed by atoms with Gasteiger partial charge in [-0.25, -0.2) is 0 Å². The number of hydrogen-bond donors (Lipinski definition) is 1. The normalized spacial score (nSPS) is 12.3. The Bertz CT molecular complexity index is 1050. The first-order valence-corrected chi connectivity index (χ1v) is 10.1. The molecule has 3 heteroatoms. The number of nitrogen functional groups attached to an aromatic ring is 1. The molecule has 0 saturated heterocycles. The number of nitrogens with two attached hydrogens (primary N) is 1. The molecule has 0 aliphatic carbocycles. The smallest absolute Gasteiger partial charge is 0.316 e. The van der Waals surface area contributed by atoms with Gasteiger partial charge in [-0.1, -0.05) is 54.1 Å². The topological polar surface area (TPSA) is 52.3 Å². The van der Waals surface area contributed by atoms with Gasteiger partial charge in [0, 0.05) is 5.69 Å². The Balaban J connectivity index is 2.04. The Morgan fingerprint density at radius 2 is 1.23 bits per heavy atom. The van der Waals surface area contributed by atoms with Gasteiger partial charge in [-0.3, -0.25) is 4.79 Å². The maximum absolute atomic E-state index is 12.2. The number of esters is 1. The van der Waals surface area contributed by atoms with E-state index in [9.17, 15) is 4.79 Å². The largest absolute Gasteiger partial charge is 0.426 e. The zero-order chi connectivity index (χ0) is 21.9. The number of carbonyl (C=O) groups excluding carboxylic acids is 1. The summed E-state index contributed by atoms with van der Waals surface area (Å²) in [5, 5.41) is 0. The molecular weight excluding hydrogens is 370 g/mol. The molecule has 0 heterocycles. The second-order valence-electron chi connectivity index (χ2n) is 8.65. The summed E-state index contributed by atoms with van der Waals surface area (Å²) in [6.45, 7) is 9.74. The fourth-order valence-electron chi connectivity index (χ4n) is 3.15. The van der Waals surface area contributed by atoms with Gasteiger partial charge in [-0.2, -0.15) is 0 Å². The van der Waals surface area contributed by atoms with Crippen molar-refractivity contribution < 1.29 is 9.53 Å². The molecule has 0 amide bonds. The van der Waals surface area contributed by atoms with Crippen molar-refractivity contribution >= 4 is 22.8 Å². The van der Waals surface area contributed by atoms with Crippen molar-refractivity contribution in [1.82, 2.24) is 0 Å². The van der Waals surface area contributed by atoms with Crippen LogP contribution in [0.15, 0.2) is 72.8 Å². The number of anilines is 1. The van der Waals surface area contributed by atoms with Crippen molar-refractivity contribution in [1.29, 1.82) is 0 Å². The number of rotatable bonds is 4. The Kier molecular flexibility index (Phi) is 6.12. The highest BCUT2D eigenvalue weighted by Gasteiger charge is 2.23. The van der Waals surface area contributed by atoms with Crippen molar-refractivity contribution in [3.05, 3.63) is 95.1 Å². The van der Waals surface area contributed by atoms with Crippen molar-refractivity contribution in [2.45, 2.75) is 34.6 Å². The van der Waals surface area contributed by atoms with Gasteiger partial charge in [-0.05, 0) is 86.7 Å². The Morgan fingerprint density at radius 3 is 1.73 bits per heavy atom. The van der Waals surface area contributed by atoms with Crippen LogP contribution in [-0.4, -0.2) is 5.97 Å². The van der Waals surface area contributed by atoms with E-state index in [1.54, 1.807) is 0 Å². The standard InChI is InChI=1S/C27H29NO2/c1-18-6-8-21(9-7-18)25(19(2)20-10-14-23(28)15-11-20)22-12-16-24(17-13-22)30-26(29)27(3,4)5/h6-17H,28H2,1-5H3/b25-19+. The van der Waals surface area contributed by atoms with Crippen LogP contribution in [0.4, 0.5) is 5.69 Å². The van der Waals surface area contributed by atoms with E-state index in [4.69, 9.17) is 10.5 Å². The Hall–Kier alpha value is -3.33. The maximum atomic E-state index is 12.2. The highest BCUT2D eigenvalue weighted by Crippen LogP contribution is 2.33. The number of hydrogen-bond acceptors (Lipinski definition) is 3. The average Bonchev–Trinajstić information content (AvgIpc) is 2.70. The third kappa shape index (κ3) is 4.98. The van der Waals surface area contributed by atoms with E-state index >= 15 is 0 Å². The first kappa shape index (κ1) is 21.4. The van der Waals surface area contributed by atoms with Crippen LogP contribution >= 0.6 is 0 Å². The lowest BCUT2D eigenvalue weighted by Crippen LogP contribution is -2.25. The summed E-state index contributed by atoms with van der Waals surface area (Å²) in [4.78, 5) is 12.2. The molecule has 0 unspecified atom stereocenters. The number of allylic oxidation sites excluding steroid dienone is 1. The lowest BCUT2D eigenvalue weighted by molar-refractivity contribution is -0.142. The second kappa shape index (κ2) is 8.58. The van der Waals surface area contributed by atoms with Gasteiger partial charge in [-0.15, -0.1) is 0 Å². The Morgan fingerprint density at radius 1 is 0.767 bits per heavy atom. The first-order chi connectivity index (χ1) is 14.1. The summed E-state index contributed by atoms with van der Waals surface area (Å²) in [6, 6.07) is 24.1. The van der Waals surface area contributed by atoms with Gasteiger partial charge >= 0.3 is 5.97 Å². The van der Waals surface area contributed by atoms with E-state index in [0.29, 0.717) is 5.75 Å². The summed E-state index contributed by atoms with van der Waals surface area (Å²) in [6.07, 6.45) is 0. The van der Waals surface area contributed by atoms with E-state index < -0.39 is 5.41 Å². The van der Waals surface area contributed by atoms with Gasteiger partial charge < -0.3 is 10.5 Å². The molecule has 0 radical (unpaired) electrons. The molecule has 0 aromatic heterocycles. The van der Waals surface area contributed by atoms with Crippen LogP contribution in [0.5, 0.6) is 5.75 Å². The predicted octanol–water partition coefficient (Wildman–Crippen LogP) is 6.51. The minimum absolute atomic E-state index is 0.248. The zero-order valence-corrected chi connectivity index (χ0v) is 18.3. The fraction of sp³-hybridized carbons (Fsp3) is 0.222. The van der Waals surface area contributed by atoms with E-state index in [-0.39, 0.29) is 5.97 Å². The van der Waals surface area contributed by atoms with Crippen LogP contribution in [-0.2, 0) is 4.79 Å². The zero-order valence-electron chi connectivity index (χ0n) is 18.3. The molecule has 30 heavy (non-hydrogen) atoms. The third-order valence-corrected chi connectivity index (χ3v) is 5.02. The van der Waals surface area contributed by atoms with Crippen LogP contribution in [0.2, 0.25) is 0 Å². The van der Waals surface area contributed by atoms with Crippen LogP contribution in [0.1, 0.15) is 49.9 Å². The molecule has 0 aliphatic rings. The van der Waals surface area contributed by atoms with Gasteiger partial charge in [0.25, 0.3) is 0 Å². The monoisotopic (exact) mass is 399 g/mol. The lowest BCUT2D eigenvalue weighted by atomic mass is 9.90. The summed E-state index contributed by atoms with van der Waals surface area (Å²) in [5.41, 5.74) is 12.9. The van der Waals surface area contributed by atoms with Gasteiger partial charge in [0.2, 0.25) is 0 Å². The molecule has 0 saturated carbocycles. The number of aryl methyl sites for hydroxylation is 1. The van der Waals surface area contributed by atoms with Crippen LogP contribution in [0.25, 0.3) is 11.1 Å². The molecule has 0 fully saturated rings. The van der Waals surface area contributed by atoms with Crippen LogP contribution < -0.4 is 10.5 Å². The maximum Gasteiger partial charge on any atom is 0.316 e. The molecular formula is C27H29NO2. The fourth-order valence-corrected chi connectivity index (χ4v) is 3.15. The van der Waals surface area contributed by atoms with Crippen molar-refractivity contribution in [3.63, 3.8) is 0 Å². The second-order valence-corrected chi connectivity index (χ2v) is 8.65. The molecule has 0 atom stereocenters. The van der Waals surface area contributed by atoms with Gasteiger partial charge in [0.05, 0.1) is 5.41 Å². The predicted molar refractivity (Wildman–Crippen MR) is 125 cm³/mol. The third-order valence-electron chi connectivity index (χ3n) is 5.02. The molecule has 0 bridgehead atoms. The molecule has 3 aromatic carbocycles. The summed E-state index contributed by atoms with van der Waals surface area (Å²) < 4.78 is 5.52.